The third-order valence-corrected chi connectivity index (χ3v) is 16.6. The molecule has 0 saturated carbocycles. The van der Waals surface area contributed by atoms with Crippen LogP contribution < -0.4 is 10.4 Å². The van der Waals surface area contributed by atoms with E-state index in [-0.39, 0.29) is 60.0 Å². The van der Waals surface area contributed by atoms with E-state index in [4.69, 9.17) is 37.6 Å². The third kappa shape index (κ3) is 8.28. The van der Waals surface area contributed by atoms with Crippen molar-refractivity contribution >= 4 is 18.7 Å². The Balaban J connectivity index is 1.03. The molecule has 4 heterocycles. The van der Waals surface area contributed by atoms with E-state index in [0.717, 1.165) is 11.1 Å². The second kappa shape index (κ2) is 16.3. The zero-order chi connectivity index (χ0) is 38.0. The van der Waals surface area contributed by atoms with Gasteiger partial charge in [0.1, 0.15) is 30.5 Å². The Morgan fingerprint density at radius 2 is 1.11 bits per heavy atom. The van der Waals surface area contributed by atoms with Gasteiger partial charge in [-0.2, -0.15) is 0 Å². The Morgan fingerprint density at radius 3 is 1.71 bits per heavy atom. The van der Waals surface area contributed by atoms with Crippen molar-refractivity contribution in [2.24, 2.45) is 0 Å². The molecule has 0 aromatic heterocycles. The van der Waals surface area contributed by atoms with Gasteiger partial charge in [0, 0.05) is 12.8 Å². The van der Waals surface area contributed by atoms with E-state index in [1.54, 1.807) is 0 Å². The molecule has 4 saturated heterocycles. The van der Waals surface area contributed by atoms with E-state index in [1.807, 2.05) is 50.2 Å². The van der Waals surface area contributed by atoms with Crippen molar-refractivity contribution in [2.75, 3.05) is 13.2 Å². The van der Waals surface area contributed by atoms with Crippen LogP contribution in [0.1, 0.15) is 58.6 Å². The van der Waals surface area contributed by atoms with Gasteiger partial charge < -0.3 is 37.6 Å². The highest BCUT2D eigenvalue weighted by Gasteiger charge is 2.60. The Hall–Kier alpha value is -3.22. The van der Waals surface area contributed by atoms with Crippen molar-refractivity contribution in [3.05, 3.63) is 132 Å². The van der Waals surface area contributed by atoms with Crippen molar-refractivity contribution in [3.8, 4) is 0 Å². The summed E-state index contributed by atoms with van der Waals surface area (Å²) in [6, 6.07) is 42.0. The van der Waals surface area contributed by atoms with E-state index >= 15 is 0 Å². The monoisotopic (exact) mass is 764 g/mol. The lowest BCUT2D eigenvalue weighted by Crippen LogP contribution is -2.69. The third-order valence-electron chi connectivity index (χ3n) is 11.6. The lowest BCUT2D eigenvalue weighted by Gasteiger charge is -2.52. The summed E-state index contributed by atoms with van der Waals surface area (Å²) in [6.07, 6.45) is -1.13. The van der Waals surface area contributed by atoms with E-state index in [2.05, 4.69) is 106 Å². The Bertz CT molecular complexity index is 1760. The van der Waals surface area contributed by atoms with Crippen LogP contribution in [-0.4, -0.2) is 82.3 Å². The van der Waals surface area contributed by atoms with E-state index < -0.39 is 14.1 Å². The average Bonchev–Trinajstić information content (AvgIpc) is 3.53. The maximum absolute atomic E-state index is 7.42. The summed E-state index contributed by atoms with van der Waals surface area (Å²) >= 11 is 0. The maximum atomic E-state index is 7.42. The van der Waals surface area contributed by atoms with Crippen LogP contribution in [0.3, 0.4) is 0 Å². The van der Waals surface area contributed by atoms with Gasteiger partial charge in [-0.05, 0) is 40.4 Å². The average molecular weight is 765 g/mol. The molecule has 0 bridgehead atoms. The molecule has 55 heavy (non-hydrogen) atoms. The molecular formula is C46H56O8Si. The molecule has 0 N–H and O–H groups in total. The molecule has 4 aliphatic rings. The molecule has 4 fully saturated rings. The van der Waals surface area contributed by atoms with Gasteiger partial charge in [-0.1, -0.05) is 142 Å². The van der Waals surface area contributed by atoms with Gasteiger partial charge in [0.15, 0.2) is 5.79 Å². The lowest BCUT2D eigenvalue weighted by atomic mass is 9.85. The first-order valence-electron chi connectivity index (χ1n) is 19.9. The summed E-state index contributed by atoms with van der Waals surface area (Å²) in [4.78, 5) is 0. The molecule has 0 amide bonds. The molecule has 8 rings (SSSR count). The Labute approximate surface area is 327 Å². The molecule has 4 aliphatic heterocycles. The SMILES string of the molecule is CC1(C)O[C@H]2[C@@H](O1)[C@H](CO[Si](c1ccccc1)(c1ccccc1)C(C)(C)C)O[C@@H]1C[C@@H]3O[C@H](COCc4ccccc4)[C@@H](OCc4ccccc4)C[C@H]3O[C@@H]21. The van der Waals surface area contributed by atoms with Crippen LogP contribution >= 0.6 is 0 Å². The molecule has 0 unspecified atom stereocenters. The second-order valence-corrected chi connectivity index (χ2v) is 21.2. The number of ether oxygens (including phenoxy) is 7. The zero-order valence-corrected chi connectivity index (χ0v) is 33.8. The Morgan fingerprint density at radius 1 is 0.582 bits per heavy atom. The van der Waals surface area contributed by atoms with Gasteiger partial charge >= 0.3 is 0 Å². The fourth-order valence-electron chi connectivity index (χ4n) is 9.09. The van der Waals surface area contributed by atoms with Gasteiger partial charge in [-0.15, -0.1) is 0 Å². The molecule has 9 atom stereocenters. The van der Waals surface area contributed by atoms with Gasteiger partial charge in [-0.3, -0.25) is 0 Å². The smallest absolute Gasteiger partial charge is 0.261 e. The summed E-state index contributed by atoms with van der Waals surface area (Å²) in [7, 11) is -2.83. The van der Waals surface area contributed by atoms with E-state index in [0.29, 0.717) is 39.3 Å². The van der Waals surface area contributed by atoms with Crippen LogP contribution in [0.25, 0.3) is 0 Å². The van der Waals surface area contributed by atoms with Crippen LogP contribution in [-0.2, 0) is 50.8 Å². The topological polar surface area (TPSA) is 73.8 Å². The predicted octanol–water partition coefficient (Wildman–Crippen LogP) is 6.97. The quantitative estimate of drug-likeness (QED) is 0.144. The van der Waals surface area contributed by atoms with E-state index in [9.17, 15) is 0 Å². The number of fused-ring (bicyclic) bond motifs is 4. The number of hydrogen-bond donors (Lipinski definition) is 0. The molecular weight excluding hydrogens is 709 g/mol. The van der Waals surface area contributed by atoms with Gasteiger partial charge in [-0.25, -0.2) is 0 Å². The van der Waals surface area contributed by atoms with Crippen LogP contribution in [0.5, 0.6) is 0 Å². The van der Waals surface area contributed by atoms with Crippen LogP contribution in [0.4, 0.5) is 0 Å². The first-order chi connectivity index (χ1) is 26.6. The number of benzene rings is 4. The van der Waals surface area contributed by atoms with Crippen LogP contribution in [0, 0.1) is 0 Å². The van der Waals surface area contributed by atoms with Crippen molar-refractivity contribution in [3.63, 3.8) is 0 Å². The van der Waals surface area contributed by atoms with Gasteiger partial charge in [0.25, 0.3) is 8.32 Å². The lowest BCUT2D eigenvalue weighted by molar-refractivity contribution is -0.301. The molecule has 292 valence electrons. The first kappa shape index (κ1) is 38.6. The second-order valence-electron chi connectivity index (χ2n) is 16.9. The molecule has 0 spiro atoms. The van der Waals surface area contributed by atoms with Crippen molar-refractivity contribution in [1.82, 2.24) is 0 Å². The summed E-state index contributed by atoms with van der Waals surface area (Å²) in [5.74, 6) is -0.797. The summed E-state index contributed by atoms with van der Waals surface area (Å²) in [5.41, 5.74) is 2.24. The molecule has 8 nitrogen and oxygen atoms in total. The fraction of sp³-hybridized carbons (Fsp3) is 0.478. The van der Waals surface area contributed by atoms with Gasteiger partial charge in [0.05, 0.1) is 50.8 Å². The zero-order valence-electron chi connectivity index (χ0n) is 32.8. The summed E-state index contributed by atoms with van der Waals surface area (Å²) in [5, 5.41) is 2.28. The highest BCUT2D eigenvalue weighted by Crippen LogP contribution is 2.45. The molecule has 4 aromatic rings. The van der Waals surface area contributed by atoms with Crippen molar-refractivity contribution < 1.29 is 37.6 Å². The minimum Gasteiger partial charge on any atom is -0.405 e. The highest BCUT2D eigenvalue weighted by atomic mass is 28.4. The molecule has 0 aliphatic carbocycles. The fourth-order valence-corrected chi connectivity index (χ4v) is 13.7. The summed E-state index contributed by atoms with van der Waals surface area (Å²) < 4.78 is 54.5. The van der Waals surface area contributed by atoms with Crippen molar-refractivity contribution in [2.45, 2.75) is 126 Å². The molecule has 0 radical (unpaired) electrons. The van der Waals surface area contributed by atoms with Crippen molar-refractivity contribution in [1.29, 1.82) is 0 Å². The number of rotatable bonds is 12. The Kier molecular flexibility index (Phi) is 11.5. The van der Waals surface area contributed by atoms with Gasteiger partial charge in [0.2, 0.25) is 0 Å². The summed E-state index contributed by atoms with van der Waals surface area (Å²) in [6.45, 7) is 12.6. The minimum absolute atomic E-state index is 0.174. The molecule has 4 aromatic carbocycles. The van der Waals surface area contributed by atoms with Crippen LogP contribution in [0.15, 0.2) is 121 Å². The molecule has 9 heteroatoms. The normalized spacial score (nSPS) is 30.2. The number of hydrogen-bond acceptors (Lipinski definition) is 8. The maximum Gasteiger partial charge on any atom is 0.261 e. The highest BCUT2D eigenvalue weighted by molar-refractivity contribution is 6.99. The van der Waals surface area contributed by atoms with E-state index in [1.165, 1.54) is 10.4 Å². The van der Waals surface area contributed by atoms with Crippen LogP contribution in [0.2, 0.25) is 5.04 Å². The minimum atomic E-state index is -2.83. The standard InChI is InChI=1S/C46H56O8Si/c1-45(2,3)55(34-22-14-8-15-23-34,35-24-16-9-17-25-35)49-31-41-43-44(54-46(4,5)53-43)42-39(51-41)27-37-38(52-42)26-36(48-29-33-20-12-7-13-21-33)40(50-37)30-47-28-32-18-10-6-11-19-32/h6-25,36-44H,26-31H2,1-5H3/t36-,37-,38+,39+,40+,41-,42+,43-,44+/m0/s1. The first-order valence-corrected chi connectivity index (χ1v) is 21.8. The largest absolute Gasteiger partial charge is 0.405 e. The predicted molar refractivity (Wildman–Crippen MR) is 214 cm³/mol.